The first kappa shape index (κ1) is 22.6. The molecule has 1 amide bonds. The zero-order valence-electron chi connectivity index (χ0n) is 15.3. The van der Waals surface area contributed by atoms with E-state index < -0.39 is 39.7 Å². The molecule has 14 heteroatoms. The number of carbonyl (C=O) groups excluding carboxylic acids is 2. The maximum Gasteiger partial charge on any atom is 0.372 e. The standard InChI is InChI=1S/C16H15BrN3O8PS/c1-9(21)28-7-11-8-30-15-16(17,14(22)19(15)13(11)29(25,26)27)18-6-10-2-4-12(5-3-10)20(23)24/h2-6,15H,7-8H2,1H3,(H2,25,26,27)/t15-,16+/m0/s1. The lowest BCUT2D eigenvalue weighted by Gasteiger charge is -2.53. The van der Waals surface area contributed by atoms with Crippen LogP contribution in [-0.2, 0) is 18.9 Å². The van der Waals surface area contributed by atoms with E-state index in [9.17, 15) is 34.1 Å². The molecule has 0 radical (unpaired) electrons. The van der Waals surface area contributed by atoms with Gasteiger partial charge in [0.05, 0.1) is 4.92 Å². The Hall–Kier alpha value is -2.05. The number of aliphatic imine (C=N–C) groups is 1. The predicted octanol–water partition coefficient (Wildman–Crippen LogP) is 1.97. The van der Waals surface area contributed by atoms with Gasteiger partial charge in [-0.1, -0.05) is 0 Å². The molecular formula is C16H15BrN3O8PS. The highest BCUT2D eigenvalue weighted by molar-refractivity contribution is 9.10. The zero-order valence-corrected chi connectivity index (χ0v) is 18.6. The number of esters is 1. The number of hydrogen-bond acceptors (Lipinski definition) is 8. The van der Waals surface area contributed by atoms with Crippen LogP contribution in [0.3, 0.4) is 0 Å². The van der Waals surface area contributed by atoms with Crippen LogP contribution in [0.4, 0.5) is 5.69 Å². The Balaban J connectivity index is 1.86. The average molecular weight is 520 g/mol. The van der Waals surface area contributed by atoms with E-state index in [0.717, 1.165) is 4.90 Å². The van der Waals surface area contributed by atoms with Gasteiger partial charge in [-0.3, -0.25) is 34.2 Å². The van der Waals surface area contributed by atoms with Gasteiger partial charge in [0.2, 0.25) is 4.45 Å². The van der Waals surface area contributed by atoms with Gasteiger partial charge in [0.1, 0.15) is 17.4 Å². The van der Waals surface area contributed by atoms with Gasteiger partial charge in [-0.25, -0.2) is 0 Å². The summed E-state index contributed by atoms with van der Waals surface area (Å²) in [7, 11) is -4.84. The molecule has 0 saturated carbocycles. The average Bonchev–Trinajstić information content (AvgIpc) is 2.68. The van der Waals surface area contributed by atoms with Gasteiger partial charge in [0, 0.05) is 36.6 Å². The maximum absolute atomic E-state index is 12.8. The first-order valence-corrected chi connectivity index (χ1v) is 11.8. The van der Waals surface area contributed by atoms with E-state index >= 15 is 0 Å². The minimum Gasteiger partial charge on any atom is -0.461 e. The lowest BCUT2D eigenvalue weighted by atomic mass is 10.1. The minimum absolute atomic E-state index is 0.0915. The van der Waals surface area contributed by atoms with Crippen molar-refractivity contribution < 1.29 is 33.6 Å². The maximum atomic E-state index is 12.8. The van der Waals surface area contributed by atoms with Crippen LogP contribution in [0.25, 0.3) is 0 Å². The van der Waals surface area contributed by atoms with Crippen molar-refractivity contribution in [1.29, 1.82) is 0 Å². The van der Waals surface area contributed by atoms with E-state index in [-0.39, 0.29) is 23.6 Å². The largest absolute Gasteiger partial charge is 0.461 e. The molecule has 2 aliphatic rings. The summed E-state index contributed by atoms with van der Waals surface area (Å²) in [6.07, 6.45) is 1.35. The number of nitro groups is 1. The molecule has 0 unspecified atom stereocenters. The Bertz CT molecular complexity index is 1020. The molecule has 1 aromatic carbocycles. The van der Waals surface area contributed by atoms with Gasteiger partial charge in [-0.2, -0.15) is 0 Å². The van der Waals surface area contributed by atoms with Crippen LogP contribution in [-0.4, -0.2) is 59.9 Å². The summed E-state index contributed by atoms with van der Waals surface area (Å²) in [4.78, 5) is 58.8. The van der Waals surface area contributed by atoms with Crippen molar-refractivity contribution in [3.63, 3.8) is 0 Å². The van der Waals surface area contributed by atoms with Crippen molar-refractivity contribution in [2.24, 2.45) is 4.99 Å². The number of rotatable bonds is 6. The smallest absolute Gasteiger partial charge is 0.372 e. The second-order valence-corrected chi connectivity index (χ2v) is 10.2. The number of ether oxygens (including phenoxy) is 1. The normalized spacial score (nSPS) is 23.9. The number of benzene rings is 1. The molecule has 1 saturated heterocycles. The first-order valence-electron chi connectivity index (χ1n) is 8.30. The Labute approximate surface area is 182 Å². The van der Waals surface area contributed by atoms with E-state index in [1.807, 2.05) is 0 Å². The zero-order chi connectivity index (χ0) is 22.3. The monoisotopic (exact) mass is 519 g/mol. The lowest BCUT2D eigenvalue weighted by molar-refractivity contribution is -0.384. The third-order valence-electron chi connectivity index (χ3n) is 4.27. The molecule has 2 N–H and O–H groups in total. The van der Waals surface area contributed by atoms with Gasteiger partial charge in [-0.05, 0) is 33.6 Å². The predicted molar refractivity (Wildman–Crippen MR) is 111 cm³/mol. The van der Waals surface area contributed by atoms with E-state index in [0.29, 0.717) is 5.56 Å². The van der Waals surface area contributed by atoms with Crippen LogP contribution >= 0.6 is 35.3 Å². The Morgan fingerprint density at radius 3 is 2.67 bits per heavy atom. The molecule has 0 spiro atoms. The molecule has 30 heavy (non-hydrogen) atoms. The van der Waals surface area contributed by atoms with E-state index in [2.05, 4.69) is 20.9 Å². The molecule has 3 rings (SSSR count). The number of halogens is 1. The van der Waals surface area contributed by atoms with Crippen molar-refractivity contribution >= 4 is 59.1 Å². The van der Waals surface area contributed by atoms with Crippen molar-refractivity contribution in [1.82, 2.24) is 4.90 Å². The number of non-ortho nitro benzene ring substituents is 1. The van der Waals surface area contributed by atoms with Crippen molar-refractivity contribution in [3.8, 4) is 0 Å². The van der Waals surface area contributed by atoms with Crippen LogP contribution in [0.15, 0.2) is 40.3 Å². The summed E-state index contributed by atoms with van der Waals surface area (Å²) in [5.41, 5.74) is 0.0964. The fraction of sp³-hybridized carbons (Fsp3) is 0.312. The van der Waals surface area contributed by atoms with Crippen molar-refractivity contribution in [2.45, 2.75) is 16.7 Å². The fourth-order valence-corrected chi connectivity index (χ4v) is 6.34. The number of thioether (sulfide) groups is 1. The molecular weight excluding hydrogens is 505 g/mol. The molecule has 1 fully saturated rings. The van der Waals surface area contributed by atoms with Gasteiger partial charge >= 0.3 is 13.6 Å². The summed E-state index contributed by atoms with van der Waals surface area (Å²) in [6, 6.07) is 5.51. The van der Waals surface area contributed by atoms with Crippen LogP contribution in [0.1, 0.15) is 12.5 Å². The second-order valence-electron chi connectivity index (χ2n) is 6.37. The molecule has 2 atom stereocenters. The third kappa shape index (κ3) is 4.21. The molecule has 2 aliphatic heterocycles. The van der Waals surface area contributed by atoms with Crippen LogP contribution < -0.4 is 0 Å². The van der Waals surface area contributed by atoms with E-state index in [1.165, 1.54) is 49.2 Å². The molecule has 1 aromatic rings. The summed E-state index contributed by atoms with van der Waals surface area (Å²) in [5, 5.41) is 9.99. The molecule has 0 bridgehead atoms. The lowest BCUT2D eigenvalue weighted by Crippen LogP contribution is -2.69. The first-order chi connectivity index (χ1) is 13.9. The number of amides is 1. The third-order valence-corrected chi connectivity index (χ3v) is 8.02. The van der Waals surface area contributed by atoms with Crippen LogP contribution in [0.5, 0.6) is 0 Å². The molecule has 160 valence electrons. The number of alkyl halides is 1. The summed E-state index contributed by atoms with van der Waals surface area (Å²) in [6.45, 7) is 0.836. The van der Waals surface area contributed by atoms with Gasteiger partial charge in [-0.15, -0.1) is 11.8 Å². The van der Waals surface area contributed by atoms with Crippen LogP contribution in [0, 0.1) is 10.1 Å². The Kier molecular flexibility index (Phi) is 6.21. The van der Waals surface area contributed by atoms with Gasteiger partial charge < -0.3 is 14.5 Å². The Morgan fingerprint density at radius 1 is 1.50 bits per heavy atom. The SMILES string of the molecule is CC(=O)OCC1=C(P(=O)(O)O)N2C(=O)[C@@](Br)(N=Cc3ccc([N+](=O)[O-])cc3)[C@@H]2SC1. The number of hydrogen-bond donors (Lipinski definition) is 2. The van der Waals surface area contributed by atoms with Gasteiger partial charge in [0.15, 0.2) is 0 Å². The number of fused-ring (bicyclic) bond motifs is 1. The minimum atomic E-state index is -4.84. The van der Waals surface area contributed by atoms with E-state index in [1.54, 1.807) is 0 Å². The summed E-state index contributed by atoms with van der Waals surface area (Å²) >= 11 is 4.47. The summed E-state index contributed by atoms with van der Waals surface area (Å²) < 4.78 is 15.4. The molecule has 0 aromatic heterocycles. The quantitative estimate of drug-likeness (QED) is 0.0836. The highest BCUT2D eigenvalue weighted by Crippen LogP contribution is 2.60. The Morgan fingerprint density at radius 2 is 2.13 bits per heavy atom. The molecule has 2 heterocycles. The van der Waals surface area contributed by atoms with Gasteiger partial charge in [0.25, 0.3) is 11.6 Å². The van der Waals surface area contributed by atoms with Crippen LogP contribution in [0.2, 0.25) is 0 Å². The number of β-lactam (4-membered cyclic amide) rings is 1. The number of nitrogens with zero attached hydrogens (tertiary/aromatic N) is 3. The second kappa shape index (κ2) is 8.23. The highest BCUT2D eigenvalue weighted by Gasteiger charge is 2.64. The fourth-order valence-electron chi connectivity index (χ4n) is 2.90. The number of carbonyl (C=O) groups is 2. The summed E-state index contributed by atoms with van der Waals surface area (Å²) in [5.74, 6) is -1.17. The number of nitro benzene ring substituents is 1. The topological polar surface area (TPSA) is 160 Å². The molecule has 11 nitrogen and oxygen atoms in total. The van der Waals surface area contributed by atoms with Crippen molar-refractivity contribution in [2.75, 3.05) is 12.4 Å². The van der Waals surface area contributed by atoms with Crippen molar-refractivity contribution in [3.05, 3.63) is 51.0 Å². The van der Waals surface area contributed by atoms with E-state index in [4.69, 9.17) is 4.74 Å². The highest BCUT2D eigenvalue weighted by atomic mass is 79.9. The molecule has 0 aliphatic carbocycles.